The molecule has 2 aromatic rings. The molecule has 20 heavy (non-hydrogen) atoms. The number of benzene rings is 1. The summed E-state index contributed by atoms with van der Waals surface area (Å²) < 4.78 is 6.04. The van der Waals surface area contributed by atoms with Crippen molar-refractivity contribution in [2.75, 3.05) is 12.4 Å². The number of hydrogen-bond acceptors (Lipinski definition) is 5. The summed E-state index contributed by atoms with van der Waals surface area (Å²) in [7, 11) is 1.60. The highest BCUT2D eigenvalue weighted by Crippen LogP contribution is 2.27. The maximum atomic E-state index is 12.1. The summed E-state index contributed by atoms with van der Waals surface area (Å²) in [5.74, 6) is 0.676. The van der Waals surface area contributed by atoms with Crippen LogP contribution < -0.4 is 10.1 Å². The van der Waals surface area contributed by atoms with Crippen molar-refractivity contribution in [3.8, 4) is 5.75 Å². The second-order valence-electron chi connectivity index (χ2n) is 4.24. The van der Waals surface area contributed by atoms with Crippen molar-refractivity contribution in [3.63, 3.8) is 0 Å². The minimum atomic E-state index is -0.202. The number of carbonyl (C=O) groups excluding carboxylic acids is 1. The number of aromatic nitrogens is 1. The third-order valence-corrected chi connectivity index (χ3v) is 4.77. The maximum absolute atomic E-state index is 12.1. The zero-order chi connectivity index (χ0) is 14.5. The van der Waals surface area contributed by atoms with Gasteiger partial charge in [-0.15, -0.1) is 11.3 Å². The van der Waals surface area contributed by atoms with E-state index in [9.17, 15) is 4.79 Å². The first-order chi connectivity index (χ1) is 9.58. The average molecular weight is 308 g/mol. The fourth-order valence-electron chi connectivity index (χ4n) is 1.54. The van der Waals surface area contributed by atoms with Gasteiger partial charge in [-0.05, 0) is 26.0 Å². The predicted octanol–water partition coefficient (Wildman–Crippen LogP) is 3.58. The monoisotopic (exact) mass is 308 g/mol. The van der Waals surface area contributed by atoms with Gasteiger partial charge in [0, 0.05) is 22.8 Å². The molecule has 1 heterocycles. The van der Waals surface area contributed by atoms with E-state index in [0.717, 1.165) is 21.5 Å². The van der Waals surface area contributed by atoms with Crippen LogP contribution in [0, 0.1) is 6.92 Å². The predicted molar refractivity (Wildman–Crippen MR) is 83.8 cm³/mol. The highest BCUT2D eigenvalue weighted by atomic mass is 32.2. The number of hydrogen-bond donors (Lipinski definition) is 1. The summed E-state index contributed by atoms with van der Waals surface area (Å²) in [5, 5.41) is 4.66. The number of anilines is 1. The van der Waals surface area contributed by atoms with Gasteiger partial charge in [0.25, 0.3) is 0 Å². The summed E-state index contributed by atoms with van der Waals surface area (Å²) >= 11 is 3.03. The van der Waals surface area contributed by atoms with Gasteiger partial charge in [0.15, 0.2) is 4.34 Å². The van der Waals surface area contributed by atoms with E-state index in [1.165, 1.54) is 11.8 Å². The lowest BCUT2D eigenvalue weighted by atomic mass is 10.3. The zero-order valence-corrected chi connectivity index (χ0v) is 13.2. The van der Waals surface area contributed by atoms with E-state index in [0.29, 0.717) is 0 Å². The standard InChI is InChI=1S/C14H16N2O2S2/c1-9-8-19-14(15-9)20-10(2)13(17)16-11-5-4-6-12(7-11)18-3/h4-8,10H,1-3H3,(H,16,17)/t10-/m0/s1. The zero-order valence-electron chi connectivity index (χ0n) is 11.5. The summed E-state index contributed by atoms with van der Waals surface area (Å²) in [4.78, 5) is 16.5. The number of nitrogens with one attached hydrogen (secondary N) is 1. The summed E-state index contributed by atoms with van der Waals surface area (Å²) in [5.41, 5.74) is 1.72. The minimum Gasteiger partial charge on any atom is -0.497 e. The summed E-state index contributed by atoms with van der Waals surface area (Å²) in [6.07, 6.45) is 0. The van der Waals surface area contributed by atoms with E-state index >= 15 is 0 Å². The third kappa shape index (κ3) is 3.98. The first kappa shape index (κ1) is 14.9. The van der Waals surface area contributed by atoms with Crippen LogP contribution in [0.2, 0.25) is 0 Å². The van der Waals surface area contributed by atoms with E-state index < -0.39 is 0 Å². The van der Waals surface area contributed by atoms with Crippen molar-refractivity contribution in [1.82, 2.24) is 4.98 Å². The van der Waals surface area contributed by atoms with Crippen LogP contribution in [0.4, 0.5) is 5.69 Å². The number of ether oxygens (including phenoxy) is 1. The molecule has 0 aliphatic carbocycles. The van der Waals surface area contributed by atoms with Gasteiger partial charge in [-0.3, -0.25) is 4.79 Å². The highest BCUT2D eigenvalue weighted by molar-refractivity contribution is 8.02. The molecule has 1 N–H and O–H groups in total. The molecule has 0 unspecified atom stereocenters. The molecule has 0 bridgehead atoms. The molecule has 0 spiro atoms. The van der Waals surface area contributed by atoms with E-state index in [4.69, 9.17) is 4.74 Å². The molecule has 4 nitrogen and oxygen atoms in total. The second kappa shape index (κ2) is 6.76. The fraction of sp³-hybridized carbons (Fsp3) is 0.286. The molecule has 1 atom stereocenters. The largest absolute Gasteiger partial charge is 0.497 e. The van der Waals surface area contributed by atoms with E-state index in [2.05, 4.69) is 10.3 Å². The number of aryl methyl sites for hydroxylation is 1. The van der Waals surface area contributed by atoms with Gasteiger partial charge >= 0.3 is 0 Å². The third-order valence-electron chi connectivity index (χ3n) is 2.58. The number of thiazole rings is 1. The quantitative estimate of drug-likeness (QED) is 0.858. The van der Waals surface area contributed by atoms with Crippen molar-refractivity contribution >= 4 is 34.7 Å². The second-order valence-corrected chi connectivity index (χ2v) is 6.68. The van der Waals surface area contributed by atoms with Gasteiger partial charge in [-0.2, -0.15) is 0 Å². The maximum Gasteiger partial charge on any atom is 0.237 e. The van der Waals surface area contributed by atoms with Crippen LogP contribution in [0.25, 0.3) is 0 Å². The van der Waals surface area contributed by atoms with Crippen LogP contribution >= 0.6 is 23.1 Å². The molecule has 6 heteroatoms. The molecule has 0 fully saturated rings. The molecular weight excluding hydrogens is 292 g/mol. The molecule has 1 amide bonds. The lowest BCUT2D eigenvalue weighted by molar-refractivity contribution is -0.115. The van der Waals surface area contributed by atoms with Gasteiger partial charge in [0.2, 0.25) is 5.91 Å². The lowest BCUT2D eigenvalue weighted by Crippen LogP contribution is -2.22. The summed E-state index contributed by atoms with van der Waals surface area (Å²) in [6.45, 7) is 3.82. The fourth-order valence-corrected chi connectivity index (χ4v) is 3.52. The van der Waals surface area contributed by atoms with Gasteiger partial charge in [-0.25, -0.2) is 4.98 Å². The van der Waals surface area contributed by atoms with Crippen LogP contribution in [0.5, 0.6) is 5.75 Å². The Hall–Kier alpha value is -1.53. The van der Waals surface area contributed by atoms with Crippen LogP contribution in [0.1, 0.15) is 12.6 Å². The van der Waals surface area contributed by atoms with E-state index in [-0.39, 0.29) is 11.2 Å². The van der Waals surface area contributed by atoms with Crippen LogP contribution in [0.3, 0.4) is 0 Å². The highest BCUT2D eigenvalue weighted by Gasteiger charge is 2.16. The van der Waals surface area contributed by atoms with Crippen LogP contribution in [-0.2, 0) is 4.79 Å². The van der Waals surface area contributed by atoms with Crippen molar-refractivity contribution in [2.24, 2.45) is 0 Å². The van der Waals surface area contributed by atoms with Gasteiger partial charge in [-0.1, -0.05) is 17.8 Å². The normalized spacial score (nSPS) is 11.9. The number of methoxy groups -OCH3 is 1. The Morgan fingerprint density at radius 2 is 2.30 bits per heavy atom. The molecule has 1 aromatic carbocycles. The van der Waals surface area contributed by atoms with Gasteiger partial charge in [0.05, 0.1) is 12.4 Å². The lowest BCUT2D eigenvalue weighted by Gasteiger charge is -2.11. The molecule has 0 saturated heterocycles. The Morgan fingerprint density at radius 1 is 1.50 bits per heavy atom. The SMILES string of the molecule is COc1cccc(NC(=O)[C@H](C)Sc2nc(C)cs2)c1. The number of rotatable bonds is 5. The molecule has 0 saturated carbocycles. The minimum absolute atomic E-state index is 0.0453. The molecule has 0 radical (unpaired) electrons. The van der Waals surface area contributed by atoms with Crippen LogP contribution in [0.15, 0.2) is 34.0 Å². The van der Waals surface area contributed by atoms with Crippen molar-refractivity contribution in [2.45, 2.75) is 23.4 Å². The number of carbonyl (C=O) groups is 1. The first-order valence-corrected chi connectivity index (χ1v) is 7.88. The molecule has 2 rings (SSSR count). The van der Waals surface area contributed by atoms with Crippen molar-refractivity contribution in [3.05, 3.63) is 35.3 Å². The van der Waals surface area contributed by atoms with Crippen LogP contribution in [-0.4, -0.2) is 23.3 Å². The number of thioether (sulfide) groups is 1. The van der Waals surface area contributed by atoms with Crippen molar-refractivity contribution in [1.29, 1.82) is 0 Å². The first-order valence-electron chi connectivity index (χ1n) is 6.12. The molecule has 0 aliphatic heterocycles. The Bertz CT molecular complexity index is 598. The molecule has 0 aliphatic rings. The van der Waals surface area contributed by atoms with E-state index in [1.54, 1.807) is 24.5 Å². The molecule has 1 aromatic heterocycles. The Balaban J connectivity index is 1.96. The van der Waals surface area contributed by atoms with Gasteiger partial charge < -0.3 is 10.1 Å². The molecule has 106 valence electrons. The molecular formula is C14H16N2O2S2. The smallest absolute Gasteiger partial charge is 0.237 e. The van der Waals surface area contributed by atoms with E-state index in [1.807, 2.05) is 37.4 Å². The Morgan fingerprint density at radius 3 is 2.95 bits per heavy atom. The van der Waals surface area contributed by atoms with Gasteiger partial charge in [0.1, 0.15) is 5.75 Å². The topological polar surface area (TPSA) is 51.2 Å². The average Bonchev–Trinajstić information content (AvgIpc) is 2.84. The summed E-state index contributed by atoms with van der Waals surface area (Å²) in [6, 6.07) is 7.32. The number of amides is 1. The Kier molecular flexibility index (Phi) is 5.03. The Labute approximate surface area is 126 Å². The number of nitrogens with zero attached hydrogens (tertiary/aromatic N) is 1. The van der Waals surface area contributed by atoms with Crippen molar-refractivity contribution < 1.29 is 9.53 Å².